The summed E-state index contributed by atoms with van der Waals surface area (Å²) in [5.41, 5.74) is 0. The standard InChI is InChI=1S/C13H22N2O2S2/c1-10(9-11-3-4-11)15-19(16,17)13-6-5-12(18-13)7-8-14-2/h5-6,10-11,14-15H,3-4,7-9H2,1-2H3. The SMILES string of the molecule is CNCCc1ccc(S(=O)(=O)NC(C)CC2CC2)s1. The highest BCUT2D eigenvalue weighted by Crippen LogP contribution is 2.33. The second-order valence-electron chi connectivity index (χ2n) is 5.28. The molecule has 19 heavy (non-hydrogen) atoms. The predicted molar refractivity (Wildman–Crippen MR) is 79.1 cm³/mol. The average Bonchev–Trinajstić information content (AvgIpc) is 3.00. The topological polar surface area (TPSA) is 58.2 Å². The van der Waals surface area contributed by atoms with Gasteiger partial charge in [0.05, 0.1) is 0 Å². The highest BCUT2D eigenvalue weighted by atomic mass is 32.2. The molecule has 0 bridgehead atoms. The van der Waals surface area contributed by atoms with E-state index in [1.165, 1.54) is 24.2 Å². The molecule has 6 heteroatoms. The first-order valence-corrected chi connectivity index (χ1v) is 9.07. The van der Waals surface area contributed by atoms with E-state index in [9.17, 15) is 8.42 Å². The molecule has 1 aromatic heterocycles. The van der Waals surface area contributed by atoms with Gasteiger partial charge >= 0.3 is 0 Å². The Morgan fingerprint density at radius 1 is 1.42 bits per heavy atom. The maximum Gasteiger partial charge on any atom is 0.250 e. The van der Waals surface area contributed by atoms with Crippen LogP contribution in [0.5, 0.6) is 0 Å². The summed E-state index contributed by atoms with van der Waals surface area (Å²) >= 11 is 1.37. The molecule has 0 aliphatic heterocycles. The first-order valence-electron chi connectivity index (χ1n) is 6.77. The minimum atomic E-state index is -3.33. The Morgan fingerprint density at radius 3 is 2.79 bits per heavy atom. The monoisotopic (exact) mass is 302 g/mol. The second-order valence-corrected chi connectivity index (χ2v) is 8.38. The Morgan fingerprint density at radius 2 is 2.16 bits per heavy atom. The van der Waals surface area contributed by atoms with Crippen molar-refractivity contribution in [2.24, 2.45) is 5.92 Å². The van der Waals surface area contributed by atoms with Gasteiger partial charge in [-0.05, 0) is 51.4 Å². The summed E-state index contributed by atoms with van der Waals surface area (Å²) < 4.78 is 27.6. The zero-order valence-corrected chi connectivity index (χ0v) is 13.1. The molecule has 1 aromatic rings. The lowest BCUT2D eigenvalue weighted by molar-refractivity contribution is 0.531. The molecular weight excluding hydrogens is 280 g/mol. The number of rotatable bonds is 8. The first kappa shape index (κ1) is 15.0. The average molecular weight is 302 g/mol. The third-order valence-electron chi connectivity index (χ3n) is 3.26. The molecule has 1 aliphatic carbocycles. The minimum Gasteiger partial charge on any atom is -0.319 e. The molecule has 0 aromatic carbocycles. The number of likely N-dealkylation sites (N-methyl/N-ethyl adjacent to an activating group) is 1. The summed E-state index contributed by atoms with van der Waals surface area (Å²) in [5.74, 6) is 0.729. The van der Waals surface area contributed by atoms with E-state index >= 15 is 0 Å². The van der Waals surface area contributed by atoms with Crippen LogP contribution in [0.2, 0.25) is 0 Å². The smallest absolute Gasteiger partial charge is 0.250 e. The van der Waals surface area contributed by atoms with Crippen molar-refractivity contribution in [1.29, 1.82) is 0 Å². The van der Waals surface area contributed by atoms with E-state index in [-0.39, 0.29) is 6.04 Å². The molecule has 0 spiro atoms. The molecule has 4 nitrogen and oxygen atoms in total. The lowest BCUT2D eigenvalue weighted by Crippen LogP contribution is -2.32. The molecule has 1 heterocycles. The van der Waals surface area contributed by atoms with Crippen molar-refractivity contribution < 1.29 is 8.42 Å². The maximum atomic E-state index is 12.2. The molecule has 1 fully saturated rings. The fourth-order valence-corrected chi connectivity index (χ4v) is 4.74. The van der Waals surface area contributed by atoms with Gasteiger partial charge in [-0.2, -0.15) is 0 Å². The van der Waals surface area contributed by atoms with Crippen LogP contribution in [0.1, 0.15) is 31.1 Å². The molecule has 2 N–H and O–H groups in total. The van der Waals surface area contributed by atoms with Crippen molar-refractivity contribution in [3.63, 3.8) is 0 Å². The van der Waals surface area contributed by atoms with Gasteiger partial charge in [0.25, 0.3) is 0 Å². The van der Waals surface area contributed by atoms with Gasteiger partial charge in [0.2, 0.25) is 10.0 Å². The number of thiophene rings is 1. The van der Waals surface area contributed by atoms with Crippen molar-refractivity contribution in [3.05, 3.63) is 17.0 Å². The summed E-state index contributed by atoms with van der Waals surface area (Å²) in [5, 5.41) is 3.07. The van der Waals surface area contributed by atoms with Gasteiger partial charge in [-0.25, -0.2) is 13.1 Å². The molecule has 0 radical (unpaired) electrons. The predicted octanol–water partition coefficient (Wildman–Crippen LogP) is 1.98. The number of hydrogen-bond acceptors (Lipinski definition) is 4. The fraction of sp³-hybridized carbons (Fsp3) is 0.692. The first-order chi connectivity index (χ1) is 9.01. The van der Waals surface area contributed by atoms with Crippen LogP contribution >= 0.6 is 11.3 Å². The van der Waals surface area contributed by atoms with Gasteiger partial charge in [-0.15, -0.1) is 11.3 Å². The van der Waals surface area contributed by atoms with Crippen LogP contribution in [0.25, 0.3) is 0 Å². The Kier molecular flexibility index (Phi) is 5.00. The molecule has 108 valence electrons. The van der Waals surface area contributed by atoms with E-state index in [2.05, 4.69) is 10.0 Å². The van der Waals surface area contributed by atoms with Crippen molar-refractivity contribution >= 4 is 21.4 Å². The zero-order valence-electron chi connectivity index (χ0n) is 11.5. The molecule has 0 saturated heterocycles. The number of nitrogens with one attached hydrogen (secondary N) is 2. The normalized spacial score (nSPS) is 17.6. The summed E-state index contributed by atoms with van der Waals surface area (Å²) in [6.45, 7) is 2.82. The van der Waals surface area contributed by atoms with E-state index in [0.29, 0.717) is 4.21 Å². The second kappa shape index (κ2) is 6.35. The quantitative estimate of drug-likeness (QED) is 0.772. The van der Waals surface area contributed by atoms with Crippen LogP contribution in [0.4, 0.5) is 0 Å². The molecular formula is C13H22N2O2S2. The van der Waals surface area contributed by atoms with Crippen molar-refractivity contribution in [3.8, 4) is 0 Å². The molecule has 1 atom stereocenters. The van der Waals surface area contributed by atoms with Crippen LogP contribution in [-0.2, 0) is 16.4 Å². The summed E-state index contributed by atoms with van der Waals surface area (Å²) in [7, 11) is -1.44. The van der Waals surface area contributed by atoms with Gasteiger partial charge in [-0.3, -0.25) is 0 Å². The molecule has 0 amide bonds. The van der Waals surface area contributed by atoms with Gasteiger partial charge in [0.1, 0.15) is 4.21 Å². The van der Waals surface area contributed by atoms with Crippen molar-refractivity contribution in [2.45, 2.75) is 42.9 Å². The molecule has 1 aliphatic rings. The Hall–Kier alpha value is -0.430. The molecule has 1 saturated carbocycles. The molecule has 2 rings (SSSR count). The lowest BCUT2D eigenvalue weighted by Gasteiger charge is -2.12. The third kappa shape index (κ3) is 4.56. The highest BCUT2D eigenvalue weighted by molar-refractivity contribution is 7.91. The van der Waals surface area contributed by atoms with E-state index in [0.717, 1.165) is 30.2 Å². The van der Waals surface area contributed by atoms with Gasteiger partial charge < -0.3 is 5.32 Å². The zero-order chi connectivity index (χ0) is 13.9. The Labute approximate surface area is 119 Å². The van der Waals surface area contributed by atoms with Gasteiger partial charge in [0, 0.05) is 10.9 Å². The van der Waals surface area contributed by atoms with Crippen LogP contribution in [0.3, 0.4) is 0 Å². The van der Waals surface area contributed by atoms with Crippen LogP contribution in [0.15, 0.2) is 16.3 Å². The Bertz CT molecular complexity index is 506. The summed E-state index contributed by atoms with van der Waals surface area (Å²) in [6.07, 6.45) is 4.32. The summed E-state index contributed by atoms with van der Waals surface area (Å²) in [6, 6.07) is 3.64. The lowest BCUT2D eigenvalue weighted by atomic mass is 10.2. The summed E-state index contributed by atoms with van der Waals surface area (Å²) in [4.78, 5) is 1.10. The third-order valence-corrected chi connectivity index (χ3v) is 6.49. The largest absolute Gasteiger partial charge is 0.319 e. The van der Waals surface area contributed by atoms with E-state index in [1.54, 1.807) is 6.07 Å². The van der Waals surface area contributed by atoms with Crippen molar-refractivity contribution in [2.75, 3.05) is 13.6 Å². The van der Waals surface area contributed by atoms with Crippen LogP contribution in [0, 0.1) is 5.92 Å². The van der Waals surface area contributed by atoms with Gasteiger partial charge in [-0.1, -0.05) is 12.8 Å². The van der Waals surface area contributed by atoms with E-state index in [1.807, 2.05) is 20.0 Å². The van der Waals surface area contributed by atoms with Crippen molar-refractivity contribution in [1.82, 2.24) is 10.0 Å². The maximum absolute atomic E-state index is 12.2. The van der Waals surface area contributed by atoms with Gasteiger partial charge in [0.15, 0.2) is 0 Å². The Balaban J connectivity index is 1.95. The fourth-order valence-electron chi connectivity index (χ4n) is 2.11. The minimum absolute atomic E-state index is 0.0281. The molecule has 1 unspecified atom stereocenters. The van der Waals surface area contributed by atoms with E-state index in [4.69, 9.17) is 0 Å². The highest BCUT2D eigenvalue weighted by Gasteiger charge is 2.26. The number of hydrogen-bond donors (Lipinski definition) is 2. The van der Waals surface area contributed by atoms with Crippen LogP contribution in [-0.4, -0.2) is 28.1 Å². The van der Waals surface area contributed by atoms with E-state index < -0.39 is 10.0 Å². The van der Waals surface area contributed by atoms with Crippen LogP contribution < -0.4 is 10.0 Å². The number of sulfonamides is 1.